The molecule has 142 valence electrons. The van der Waals surface area contributed by atoms with Crippen LogP contribution in [0.15, 0.2) is 41.2 Å². The van der Waals surface area contributed by atoms with Crippen molar-refractivity contribution in [3.8, 4) is 0 Å². The molecular formula is C21H25N3O3. The molecule has 6 heteroatoms. The maximum Gasteiger partial charge on any atom is 0.263 e. The van der Waals surface area contributed by atoms with Crippen LogP contribution in [-0.4, -0.2) is 40.9 Å². The fraction of sp³-hybridized carbons (Fsp3) is 0.381. The third kappa shape index (κ3) is 3.65. The van der Waals surface area contributed by atoms with Crippen LogP contribution < -0.4 is 10.5 Å². The molecule has 3 rings (SSSR count). The molecule has 0 bridgehead atoms. The van der Waals surface area contributed by atoms with Gasteiger partial charge in [-0.15, -0.1) is 0 Å². The van der Waals surface area contributed by atoms with Gasteiger partial charge in [0.1, 0.15) is 12.1 Å². The molecule has 27 heavy (non-hydrogen) atoms. The molecule has 0 aliphatic carbocycles. The van der Waals surface area contributed by atoms with E-state index in [-0.39, 0.29) is 35.4 Å². The van der Waals surface area contributed by atoms with Gasteiger partial charge in [-0.3, -0.25) is 14.4 Å². The molecule has 2 aromatic rings. The summed E-state index contributed by atoms with van der Waals surface area (Å²) in [5.74, 6) is -0.344. The molecule has 0 unspecified atom stereocenters. The average molecular weight is 367 g/mol. The second-order valence-corrected chi connectivity index (χ2v) is 7.30. The van der Waals surface area contributed by atoms with E-state index in [1.165, 1.54) is 9.47 Å². The predicted octanol–water partition coefficient (Wildman–Crippen LogP) is 2.31. The number of pyridine rings is 1. The third-order valence-corrected chi connectivity index (χ3v) is 5.02. The zero-order valence-electron chi connectivity index (χ0n) is 16.2. The smallest absolute Gasteiger partial charge is 0.263 e. The van der Waals surface area contributed by atoms with Gasteiger partial charge in [-0.25, -0.2) is 0 Å². The highest BCUT2D eigenvalue weighted by Crippen LogP contribution is 2.19. The van der Waals surface area contributed by atoms with Crippen molar-refractivity contribution in [2.24, 2.45) is 7.05 Å². The van der Waals surface area contributed by atoms with Crippen LogP contribution in [0.25, 0.3) is 0 Å². The van der Waals surface area contributed by atoms with Crippen LogP contribution in [0.5, 0.6) is 0 Å². The molecule has 2 heterocycles. The van der Waals surface area contributed by atoms with E-state index in [9.17, 15) is 14.4 Å². The Morgan fingerprint density at radius 2 is 1.67 bits per heavy atom. The van der Waals surface area contributed by atoms with Crippen LogP contribution in [0.3, 0.4) is 0 Å². The molecule has 0 saturated carbocycles. The first kappa shape index (κ1) is 18.9. The van der Waals surface area contributed by atoms with E-state index in [0.717, 1.165) is 16.9 Å². The normalized spacial score (nSPS) is 14.8. The maximum absolute atomic E-state index is 12.8. The number of amides is 2. The van der Waals surface area contributed by atoms with Gasteiger partial charge in [0.2, 0.25) is 5.91 Å². The molecule has 0 spiro atoms. The summed E-state index contributed by atoms with van der Waals surface area (Å²) in [6.07, 6.45) is 0. The first-order valence-electron chi connectivity index (χ1n) is 9.16. The SMILES string of the molecule is Cc1ccc(N2CCN(C(=O)c3ccc(C(C)C)n(C)c3=O)CC2=O)cc1. The van der Waals surface area contributed by atoms with Crippen molar-refractivity contribution in [3.63, 3.8) is 0 Å². The van der Waals surface area contributed by atoms with Gasteiger partial charge in [0, 0.05) is 31.5 Å². The second kappa shape index (κ2) is 7.39. The number of aryl methyl sites for hydroxylation is 1. The highest BCUT2D eigenvalue weighted by molar-refractivity contribution is 6.01. The zero-order chi connectivity index (χ0) is 19.7. The third-order valence-electron chi connectivity index (χ3n) is 5.02. The van der Waals surface area contributed by atoms with Gasteiger partial charge >= 0.3 is 0 Å². The highest BCUT2D eigenvalue weighted by atomic mass is 16.2. The predicted molar refractivity (Wildman–Crippen MR) is 105 cm³/mol. The Morgan fingerprint density at radius 3 is 2.26 bits per heavy atom. The van der Waals surface area contributed by atoms with Crippen molar-refractivity contribution in [1.29, 1.82) is 0 Å². The number of benzene rings is 1. The Kier molecular flexibility index (Phi) is 5.17. The van der Waals surface area contributed by atoms with Crippen LogP contribution >= 0.6 is 0 Å². The van der Waals surface area contributed by atoms with Crippen LogP contribution in [0, 0.1) is 6.92 Å². The number of aromatic nitrogens is 1. The molecule has 1 aliphatic rings. The van der Waals surface area contributed by atoms with Crippen molar-refractivity contribution in [2.75, 3.05) is 24.5 Å². The number of piperazine rings is 1. The highest BCUT2D eigenvalue weighted by Gasteiger charge is 2.30. The molecular weight excluding hydrogens is 342 g/mol. The van der Waals surface area contributed by atoms with Crippen molar-refractivity contribution in [3.05, 3.63) is 63.6 Å². The minimum atomic E-state index is -0.386. The molecule has 1 aliphatic heterocycles. The van der Waals surface area contributed by atoms with E-state index < -0.39 is 0 Å². The van der Waals surface area contributed by atoms with Crippen LogP contribution in [0.2, 0.25) is 0 Å². The molecule has 1 aromatic carbocycles. The lowest BCUT2D eigenvalue weighted by molar-refractivity contribution is -0.120. The Morgan fingerprint density at radius 1 is 1.00 bits per heavy atom. The molecule has 0 radical (unpaired) electrons. The van der Waals surface area contributed by atoms with Crippen molar-refractivity contribution in [1.82, 2.24) is 9.47 Å². The number of carbonyl (C=O) groups is 2. The van der Waals surface area contributed by atoms with Gasteiger partial charge in [-0.1, -0.05) is 31.5 Å². The lowest BCUT2D eigenvalue weighted by Crippen LogP contribution is -2.53. The van der Waals surface area contributed by atoms with Crippen LogP contribution in [0.4, 0.5) is 5.69 Å². The summed E-state index contributed by atoms with van der Waals surface area (Å²) < 4.78 is 1.52. The molecule has 6 nitrogen and oxygen atoms in total. The number of carbonyl (C=O) groups excluding carboxylic acids is 2. The van der Waals surface area contributed by atoms with E-state index in [1.807, 2.05) is 51.1 Å². The summed E-state index contributed by atoms with van der Waals surface area (Å²) in [6.45, 7) is 6.78. The Balaban J connectivity index is 1.78. The van der Waals surface area contributed by atoms with Crippen molar-refractivity contribution in [2.45, 2.75) is 26.7 Å². The first-order chi connectivity index (χ1) is 12.8. The number of anilines is 1. The van der Waals surface area contributed by atoms with E-state index in [4.69, 9.17) is 0 Å². The number of rotatable bonds is 3. The fourth-order valence-electron chi connectivity index (χ4n) is 3.41. The Labute approximate surface area is 159 Å². The molecule has 1 aromatic heterocycles. The molecule has 0 atom stereocenters. The standard InChI is InChI=1S/C21H25N3O3/c1-14(2)18-10-9-17(20(26)22(18)4)21(27)23-11-12-24(19(25)13-23)16-7-5-15(3)6-8-16/h5-10,14H,11-13H2,1-4H3. The summed E-state index contributed by atoms with van der Waals surface area (Å²) >= 11 is 0. The molecule has 0 N–H and O–H groups in total. The van der Waals surface area contributed by atoms with Gasteiger partial charge in [-0.2, -0.15) is 0 Å². The quantitative estimate of drug-likeness (QED) is 0.836. The second-order valence-electron chi connectivity index (χ2n) is 7.30. The molecule has 2 amide bonds. The lowest BCUT2D eigenvalue weighted by atomic mass is 10.1. The summed E-state index contributed by atoms with van der Waals surface area (Å²) in [5.41, 5.74) is 2.62. The van der Waals surface area contributed by atoms with Gasteiger partial charge in [-0.05, 0) is 37.1 Å². The fourth-order valence-corrected chi connectivity index (χ4v) is 3.41. The van der Waals surface area contributed by atoms with E-state index in [0.29, 0.717) is 13.1 Å². The number of hydrogen-bond acceptors (Lipinski definition) is 3. The van der Waals surface area contributed by atoms with Gasteiger partial charge in [0.25, 0.3) is 11.5 Å². The maximum atomic E-state index is 12.8. The minimum absolute atomic E-state index is 0.0260. The summed E-state index contributed by atoms with van der Waals surface area (Å²) in [6, 6.07) is 11.1. The zero-order valence-corrected chi connectivity index (χ0v) is 16.2. The summed E-state index contributed by atoms with van der Waals surface area (Å²) in [4.78, 5) is 41.1. The van der Waals surface area contributed by atoms with Crippen molar-refractivity contribution >= 4 is 17.5 Å². The number of hydrogen-bond donors (Lipinski definition) is 0. The van der Waals surface area contributed by atoms with E-state index in [2.05, 4.69) is 0 Å². The van der Waals surface area contributed by atoms with Crippen LogP contribution in [-0.2, 0) is 11.8 Å². The monoisotopic (exact) mass is 367 g/mol. The number of nitrogens with zero attached hydrogens (tertiary/aromatic N) is 3. The van der Waals surface area contributed by atoms with E-state index in [1.54, 1.807) is 18.0 Å². The topological polar surface area (TPSA) is 62.6 Å². The van der Waals surface area contributed by atoms with Gasteiger partial charge < -0.3 is 14.4 Å². The average Bonchev–Trinajstić information content (AvgIpc) is 2.64. The first-order valence-corrected chi connectivity index (χ1v) is 9.16. The van der Waals surface area contributed by atoms with Gasteiger partial charge in [0.05, 0.1) is 0 Å². The molecule has 1 saturated heterocycles. The summed E-state index contributed by atoms with van der Waals surface area (Å²) in [5, 5.41) is 0. The van der Waals surface area contributed by atoms with Crippen molar-refractivity contribution < 1.29 is 9.59 Å². The van der Waals surface area contributed by atoms with E-state index >= 15 is 0 Å². The minimum Gasteiger partial charge on any atom is -0.327 e. The molecule has 1 fully saturated rings. The largest absolute Gasteiger partial charge is 0.327 e. The van der Waals surface area contributed by atoms with Gasteiger partial charge in [0.15, 0.2) is 0 Å². The summed E-state index contributed by atoms with van der Waals surface area (Å²) in [7, 11) is 1.68. The Hall–Kier alpha value is -2.89. The Bertz CT molecular complexity index is 929. The van der Waals surface area contributed by atoms with Crippen LogP contribution in [0.1, 0.15) is 41.4 Å². The lowest BCUT2D eigenvalue weighted by Gasteiger charge is -2.34.